The summed E-state index contributed by atoms with van der Waals surface area (Å²) in [4.78, 5) is 8.99. The summed E-state index contributed by atoms with van der Waals surface area (Å²) in [5.41, 5.74) is 2.50. The lowest BCUT2D eigenvalue weighted by atomic mass is 10.1. The molecule has 0 amide bonds. The lowest BCUT2D eigenvalue weighted by Gasteiger charge is -2.11. The molecule has 1 aromatic heterocycles. The van der Waals surface area contributed by atoms with Crippen LogP contribution in [0.3, 0.4) is 0 Å². The molecule has 0 saturated heterocycles. The van der Waals surface area contributed by atoms with Gasteiger partial charge in [-0.15, -0.1) is 6.58 Å². The van der Waals surface area contributed by atoms with Crippen molar-refractivity contribution in [3.63, 3.8) is 0 Å². The summed E-state index contributed by atoms with van der Waals surface area (Å²) in [5.74, 6) is 0.843. The second-order valence-corrected chi connectivity index (χ2v) is 5.13. The fourth-order valence-corrected chi connectivity index (χ4v) is 2.19. The molecule has 3 aromatic rings. The number of nitrogens with one attached hydrogen (secondary N) is 2. The van der Waals surface area contributed by atoms with Crippen molar-refractivity contribution in [3.05, 3.63) is 79.1 Å². The van der Waals surface area contributed by atoms with Gasteiger partial charge in [-0.2, -0.15) is 4.98 Å². The number of aromatic nitrogens is 2. The molecule has 24 heavy (non-hydrogen) atoms. The van der Waals surface area contributed by atoms with E-state index in [1.807, 2.05) is 36.4 Å². The molecule has 0 spiro atoms. The van der Waals surface area contributed by atoms with Gasteiger partial charge in [0.25, 0.3) is 0 Å². The lowest BCUT2D eigenvalue weighted by molar-refractivity contribution is 0.628. The molecule has 2 N–H and O–H groups in total. The third-order valence-corrected chi connectivity index (χ3v) is 3.32. The highest BCUT2D eigenvalue weighted by molar-refractivity contribution is 5.66. The first-order valence-electron chi connectivity index (χ1n) is 7.56. The summed E-state index contributed by atoms with van der Waals surface area (Å²) in [6.45, 7) is 4.30. The Morgan fingerprint density at radius 1 is 1.00 bits per heavy atom. The molecule has 0 saturated carbocycles. The highest BCUT2D eigenvalue weighted by Crippen LogP contribution is 2.23. The van der Waals surface area contributed by atoms with Gasteiger partial charge in [0.2, 0.25) is 5.95 Å². The van der Waals surface area contributed by atoms with Crippen molar-refractivity contribution in [3.8, 4) is 11.3 Å². The van der Waals surface area contributed by atoms with E-state index in [9.17, 15) is 4.39 Å². The number of benzene rings is 2. The van der Waals surface area contributed by atoms with Crippen molar-refractivity contribution in [2.45, 2.75) is 0 Å². The molecule has 120 valence electrons. The molecule has 0 aliphatic carbocycles. The van der Waals surface area contributed by atoms with Crippen molar-refractivity contribution >= 4 is 17.5 Å². The van der Waals surface area contributed by atoms with Gasteiger partial charge in [0.1, 0.15) is 11.6 Å². The first-order chi connectivity index (χ1) is 11.7. The fourth-order valence-electron chi connectivity index (χ4n) is 2.19. The minimum Gasteiger partial charge on any atom is -0.366 e. The van der Waals surface area contributed by atoms with Crippen LogP contribution in [0.15, 0.2) is 73.3 Å². The SMILES string of the molecule is C=CCNc1cc(-c2ccccc2)nc(Nc2ccc(F)cc2)n1. The highest BCUT2D eigenvalue weighted by Gasteiger charge is 2.07. The molecule has 0 aliphatic heterocycles. The number of anilines is 3. The van der Waals surface area contributed by atoms with Crippen LogP contribution in [0.2, 0.25) is 0 Å². The molecular formula is C19H17FN4. The van der Waals surface area contributed by atoms with E-state index in [0.29, 0.717) is 18.3 Å². The van der Waals surface area contributed by atoms with Crippen LogP contribution in [0.25, 0.3) is 11.3 Å². The Morgan fingerprint density at radius 3 is 2.46 bits per heavy atom. The topological polar surface area (TPSA) is 49.8 Å². The molecule has 0 radical (unpaired) electrons. The maximum atomic E-state index is 13.0. The third kappa shape index (κ3) is 3.95. The van der Waals surface area contributed by atoms with Gasteiger partial charge in [0.05, 0.1) is 5.69 Å². The maximum Gasteiger partial charge on any atom is 0.229 e. The van der Waals surface area contributed by atoms with Crippen LogP contribution in [0.5, 0.6) is 0 Å². The lowest BCUT2D eigenvalue weighted by Crippen LogP contribution is -2.05. The van der Waals surface area contributed by atoms with Crippen LogP contribution >= 0.6 is 0 Å². The van der Waals surface area contributed by atoms with Crippen molar-refractivity contribution in [2.75, 3.05) is 17.2 Å². The average Bonchev–Trinajstić information content (AvgIpc) is 2.62. The summed E-state index contributed by atoms with van der Waals surface area (Å²) in [6, 6.07) is 17.8. The van der Waals surface area contributed by atoms with Crippen LogP contribution in [0, 0.1) is 5.82 Å². The summed E-state index contributed by atoms with van der Waals surface area (Å²) in [5, 5.41) is 6.27. The molecule has 5 heteroatoms. The van der Waals surface area contributed by atoms with Gasteiger partial charge >= 0.3 is 0 Å². The predicted octanol–water partition coefficient (Wildman–Crippen LogP) is 4.62. The molecule has 0 aliphatic rings. The van der Waals surface area contributed by atoms with E-state index in [0.717, 1.165) is 16.9 Å². The average molecular weight is 320 g/mol. The maximum absolute atomic E-state index is 13.0. The van der Waals surface area contributed by atoms with Gasteiger partial charge in [0.15, 0.2) is 0 Å². The monoisotopic (exact) mass is 320 g/mol. The fraction of sp³-hybridized carbons (Fsp3) is 0.0526. The number of halogens is 1. The summed E-state index contributed by atoms with van der Waals surface area (Å²) in [7, 11) is 0. The van der Waals surface area contributed by atoms with Crippen molar-refractivity contribution < 1.29 is 4.39 Å². The van der Waals surface area contributed by atoms with E-state index >= 15 is 0 Å². The molecule has 1 heterocycles. The Labute approximate surface area is 140 Å². The van der Waals surface area contributed by atoms with E-state index in [-0.39, 0.29) is 5.82 Å². The Balaban J connectivity index is 1.94. The van der Waals surface area contributed by atoms with Crippen LogP contribution in [-0.2, 0) is 0 Å². The second kappa shape index (κ2) is 7.37. The molecule has 0 unspecified atom stereocenters. The molecular weight excluding hydrogens is 303 g/mol. The van der Waals surface area contributed by atoms with Gasteiger partial charge < -0.3 is 10.6 Å². The molecule has 3 rings (SSSR count). The second-order valence-electron chi connectivity index (χ2n) is 5.13. The van der Waals surface area contributed by atoms with Crippen molar-refractivity contribution in [1.29, 1.82) is 0 Å². The summed E-state index contributed by atoms with van der Waals surface area (Å²) >= 11 is 0. The predicted molar refractivity (Wildman–Crippen MR) is 95.8 cm³/mol. The van der Waals surface area contributed by atoms with Gasteiger partial charge in [0, 0.05) is 23.9 Å². The standard InChI is InChI=1S/C19H17FN4/c1-2-12-21-18-13-17(14-6-4-3-5-7-14)23-19(24-18)22-16-10-8-15(20)9-11-16/h2-11,13H,1,12H2,(H2,21,22,23,24). The van der Waals surface area contributed by atoms with Gasteiger partial charge in [-0.05, 0) is 24.3 Å². The van der Waals surface area contributed by atoms with Crippen molar-refractivity contribution in [1.82, 2.24) is 9.97 Å². The van der Waals surface area contributed by atoms with Crippen LogP contribution in [0.4, 0.5) is 21.8 Å². The van der Waals surface area contributed by atoms with Crippen molar-refractivity contribution in [2.24, 2.45) is 0 Å². The molecule has 2 aromatic carbocycles. The van der Waals surface area contributed by atoms with E-state index in [2.05, 4.69) is 27.2 Å². The van der Waals surface area contributed by atoms with E-state index in [1.54, 1.807) is 18.2 Å². The zero-order valence-corrected chi connectivity index (χ0v) is 13.0. The number of hydrogen-bond acceptors (Lipinski definition) is 4. The number of rotatable bonds is 6. The van der Waals surface area contributed by atoms with Crippen LogP contribution in [-0.4, -0.2) is 16.5 Å². The Bertz CT molecular complexity index is 817. The number of hydrogen-bond donors (Lipinski definition) is 2. The molecule has 0 atom stereocenters. The molecule has 0 fully saturated rings. The van der Waals surface area contributed by atoms with E-state index < -0.39 is 0 Å². The largest absolute Gasteiger partial charge is 0.366 e. The molecule has 4 nitrogen and oxygen atoms in total. The van der Waals surface area contributed by atoms with E-state index in [1.165, 1.54) is 12.1 Å². The van der Waals surface area contributed by atoms with Gasteiger partial charge in [-0.3, -0.25) is 0 Å². The van der Waals surface area contributed by atoms with E-state index in [4.69, 9.17) is 0 Å². The zero-order chi connectivity index (χ0) is 16.8. The first kappa shape index (κ1) is 15.7. The Hall–Kier alpha value is -3.21. The Morgan fingerprint density at radius 2 is 1.75 bits per heavy atom. The quantitative estimate of drug-likeness (QED) is 0.650. The summed E-state index contributed by atoms with van der Waals surface area (Å²) in [6.07, 6.45) is 1.76. The number of nitrogens with zero attached hydrogens (tertiary/aromatic N) is 2. The minimum absolute atomic E-state index is 0.284. The zero-order valence-electron chi connectivity index (χ0n) is 13.0. The minimum atomic E-state index is -0.284. The highest BCUT2D eigenvalue weighted by atomic mass is 19.1. The normalized spacial score (nSPS) is 10.2. The molecule has 0 bridgehead atoms. The summed E-state index contributed by atoms with van der Waals surface area (Å²) < 4.78 is 13.0. The van der Waals surface area contributed by atoms with Crippen LogP contribution < -0.4 is 10.6 Å². The smallest absolute Gasteiger partial charge is 0.229 e. The van der Waals surface area contributed by atoms with Gasteiger partial charge in [-0.1, -0.05) is 36.4 Å². The Kier molecular flexibility index (Phi) is 4.81. The first-order valence-corrected chi connectivity index (χ1v) is 7.56. The third-order valence-electron chi connectivity index (χ3n) is 3.32. The van der Waals surface area contributed by atoms with Crippen LogP contribution in [0.1, 0.15) is 0 Å². The van der Waals surface area contributed by atoms with Gasteiger partial charge in [-0.25, -0.2) is 9.37 Å².